The third kappa shape index (κ3) is 4.93. The molecular weight excluding hydrogens is 575 g/mol. The number of nitrogens with two attached hydrogens (primary N) is 2. The van der Waals surface area contributed by atoms with Gasteiger partial charge in [0.05, 0.1) is 22.1 Å². The van der Waals surface area contributed by atoms with Gasteiger partial charge in [-0.05, 0) is 23.3 Å². The van der Waals surface area contributed by atoms with Gasteiger partial charge >= 0.3 is 0 Å². The summed E-state index contributed by atoms with van der Waals surface area (Å²) in [5.41, 5.74) is 20.7. The fourth-order valence-corrected chi connectivity index (χ4v) is 7.35. The summed E-state index contributed by atoms with van der Waals surface area (Å²) in [7, 11) is 0.529. The first-order valence-corrected chi connectivity index (χ1v) is 16.4. The number of rotatable bonds is 8. The summed E-state index contributed by atoms with van der Waals surface area (Å²) in [6.07, 6.45) is 1.55. The molecule has 45 heavy (non-hydrogen) atoms. The highest BCUT2D eigenvalue weighted by molar-refractivity contribution is 7.36. The van der Waals surface area contributed by atoms with Crippen molar-refractivity contribution in [2.24, 2.45) is 0 Å². The predicted octanol–water partition coefficient (Wildman–Crippen LogP) is 7.12. The van der Waals surface area contributed by atoms with Crippen molar-refractivity contribution < 1.29 is 0 Å². The van der Waals surface area contributed by atoms with E-state index in [9.17, 15) is 0 Å². The molecular formula is C36H31N8P. The Morgan fingerprint density at radius 2 is 0.889 bits per heavy atom. The van der Waals surface area contributed by atoms with Crippen molar-refractivity contribution >= 4 is 64.1 Å². The van der Waals surface area contributed by atoms with Gasteiger partial charge in [-0.2, -0.15) is 0 Å². The maximum Gasteiger partial charge on any atom is 0.152 e. The first kappa shape index (κ1) is 27.2. The predicted molar refractivity (Wildman–Crippen MR) is 186 cm³/mol. The maximum absolute atomic E-state index is 6.50. The Labute approximate surface area is 261 Å². The van der Waals surface area contributed by atoms with Crippen LogP contribution in [-0.2, 0) is 25.4 Å². The first-order valence-electron chi connectivity index (χ1n) is 15.0. The molecule has 4 N–H and O–H groups in total. The maximum atomic E-state index is 6.50. The van der Waals surface area contributed by atoms with E-state index in [1.54, 1.807) is 0 Å². The number of para-hydroxylation sites is 2. The van der Waals surface area contributed by atoms with Gasteiger partial charge in [0.2, 0.25) is 0 Å². The highest BCUT2D eigenvalue weighted by Crippen LogP contribution is 2.35. The van der Waals surface area contributed by atoms with Crippen molar-refractivity contribution in [1.82, 2.24) is 29.1 Å². The summed E-state index contributed by atoms with van der Waals surface area (Å²) in [6, 6.07) is 37.3. The third-order valence-electron chi connectivity index (χ3n) is 8.31. The average molecular weight is 607 g/mol. The summed E-state index contributed by atoms with van der Waals surface area (Å²) in [5.74, 6) is 2.91. The standard InChI is InChI=1S/C36H31N8P/c37-35-31-33(25-15-7-9-17-27(25)39-35)43(19-23-11-3-1-4-12-23)29(41-31)21-45-22-30-42-32-34(44(30)20-24-13-5-2-6-14-24)26-16-8-10-18-28(26)40-36(32)38/h1-18,45H,19-22H2,(H2,37,39)(H2,38,40). The minimum atomic E-state index is 0.458. The molecule has 4 aromatic heterocycles. The van der Waals surface area contributed by atoms with E-state index >= 15 is 0 Å². The van der Waals surface area contributed by atoms with Crippen LogP contribution in [0.3, 0.4) is 0 Å². The molecule has 0 bridgehead atoms. The monoisotopic (exact) mass is 606 g/mol. The Morgan fingerprint density at radius 1 is 0.489 bits per heavy atom. The van der Waals surface area contributed by atoms with Crippen LogP contribution in [0.25, 0.3) is 43.9 Å². The number of benzene rings is 4. The van der Waals surface area contributed by atoms with Crippen LogP contribution in [0.2, 0.25) is 0 Å². The average Bonchev–Trinajstić information content (AvgIpc) is 3.62. The second kappa shape index (κ2) is 11.3. The number of nitrogens with zero attached hydrogens (tertiary/aromatic N) is 6. The van der Waals surface area contributed by atoms with E-state index in [0.29, 0.717) is 33.3 Å². The van der Waals surface area contributed by atoms with Crippen molar-refractivity contribution in [3.05, 3.63) is 132 Å². The van der Waals surface area contributed by atoms with Crippen molar-refractivity contribution in [2.45, 2.75) is 25.4 Å². The molecule has 0 radical (unpaired) electrons. The Morgan fingerprint density at radius 3 is 1.33 bits per heavy atom. The van der Waals surface area contributed by atoms with Crippen LogP contribution in [-0.4, -0.2) is 29.1 Å². The Balaban J connectivity index is 1.20. The molecule has 0 unspecified atom stereocenters. The van der Waals surface area contributed by atoms with Crippen molar-refractivity contribution in [2.75, 3.05) is 11.5 Å². The SMILES string of the molecule is Nc1nc2ccccc2c2c1nc(CPCc1nc3c(N)nc4ccccc4c3n1Cc1ccccc1)n2Cc1ccccc1. The Kier molecular flexibility index (Phi) is 6.84. The summed E-state index contributed by atoms with van der Waals surface area (Å²) >= 11 is 0. The number of pyridine rings is 2. The van der Waals surface area contributed by atoms with Gasteiger partial charge in [-0.3, -0.25) is 0 Å². The lowest BCUT2D eigenvalue weighted by Crippen LogP contribution is -2.06. The summed E-state index contributed by atoms with van der Waals surface area (Å²) in [6.45, 7) is 1.40. The van der Waals surface area contributed by atoms with E-state index in [1.807, 2.05) is 48.5 Å². The van der Waals surface area contributed by atoms with Gasteiger partial charge in [-0.25, -0.2) is 19.9 Å². The molecule has 4 aromatic carbocycles. The Hall–Kier alpha value is -5.33. The molecule has 0 saturated carbocycles. The lowest BCUT2D eigenvalue weighted by Gasteiger charge is -2.13. The number of hydrogen-bond donors (Lipinski definition) is 2. The van der Waals surface area contributed by atoms with Crippen molar-refractivity contribution in [3.63, 3.8) is 0 Å². The second-order valence-corrected chi connectivity index (χ2v) is 12.4. The van der Waals surface area contributed by atoms with Gasteiger partial charge in [0.1, 0.15) is 22.7 Å². The zero-order valence-electron chi connectivity index (χ0n) is 24.6. The summed E-state index contributed by atoms with van der Waals surface area (Å²) in [5, 5.41) is 2.11. The molecule has 0 aliphatic heterocycles. The number of fused-ring (bicyclic) bond motifs is 6. The normalized spacial score (nSPS) is 11.7. The fourth-order valence-electron chi connectivity index (χ4n) is 6.24. The molecule has 0 fully saturated rings. The van der Waals surface area contributed by atoms with Crippen LogP contribution < -0.4 is 11.5 Å². The topological polar surface area (TPSA) is 113 Å². The van der Waals surface area contributed by atoms with Crippen LogP contribution in [0.15, 0.2) is 109 Å². The van der Waals surface area contributed by atoms with Crippen LogP contribution in [0.4, 0.5) is 11.6 Å². The molecule has 9 heteroatoms. The highest BCUT2D eigenvalue weighted by atomic mass is 31.1. The van der Waals surface area contributed by atoms with Gasteiger partial charge in [0.25, 0.3) is 0 Å². The molecule has 8 nitrogen and oxygen atoms in total. The number of hydrogen-bond acceptors (Lipinski definition) is 6. The molecule has 0 saturated heterocycles. The van der Waals surface area contributed by atoms with Crippen LogP contribution in [0.1, 0.15) is 22.8 Å². The van der Waals surface area contributed by atoms with Crippen LogP contribution in [0.5, 0.6) is 0 Å². The first-order chi connectivity index (χ1) is 22.1. The molecule has 220 valence electrons. The molecule has 0 atom stereocenters. The van der Waals surface area contributed by atoms with Crippen LogP contribution >= 0.6 is 8.58 Å². The van der Waals surface area contributed by atoms with E-state index in [2.05, 4.69) is 79.8 Å². The largest absolute Gasteiger partial charge is 0.382 e. The number of anilines is 2. The van der Waals surface area contributed by atoms with Gasteiger partial charge in [-0.1, -0.05) is 97.1 Å². The lowest BCUT2D eigenvalue weighted by molar-refractivity contribution is 0.773. The number of nitrogen functional groups attached to an aromatic ring is 2. The minimum Gasteiger partial charge on any atom is -0.382 e. The third-order valence-corrected chi connectivity index (χ3v) is 9.44. The van der Waals surface area contributed by atoms with Gasteiger partial charge in [0.15, 0.2) is 11.6 Å². The molecule has 0 spiro atoms. The van der Waals surface area contributed by atoms with Gasteiger partial charge in [0, 0.05) is 36.2 Å². The summed E-state index contributed by atoms with van der Waals surface area (Å²) in [4.78, 5) is 19.6. The molecule has 4 heterocycles. The molecule has 0 amide bonds. The van der Waals surface area contributed by atoms with E-state index in [1.165, 1.54) is 11.1 Å². The molecule has 0 aliphatic rings. The van der Waals surface area contributed by atoms with Crippen molar-refractivity contribution in [3.8, 4) is 0 Å². The van der Waals surface area contributed by atoms with Gasteiger partial charge in [-0.15, -0.1) is 8.58 Å². The number of aromatic nitrogens is 6. The van der Waals surface area contributed by atoms with E-state index < -0.39 is 0 Å². The summed E-state index contributed by atoms with van der Waals surface area (Å²) < 4.78 is 4.64. The smallest absolute Gasteiger partial charge is 0.152 e. The van der Waals surface area contributed by atoms with E-state index in [0.717, 1.165) is 67.8 Å². The zero-order chi connectivity index (χ0) is 30.3. The Bertz CT molecular complexity index is 2160. The minimum absolute atomic E-state index is 0.458. The molecule has 0 aliphatic carbocycles. The van der Waals surface area contributed by atoms with E-state index in [-0.39, 0.29) is 0 Å². The number of imidazole rings is 2. The lowest BCUT2D eigenvalue weighted by atomic mass is 10.1. The van der Waals surface area contributed by atoms with Crippen LogP contribution in [0, 0.1) is 0 Å². The fraction of sp³-hybridized carbons (Fsp3) is 0.111. The quantitative estimate of drug-likeness (QED) is 0.178. The van der Waals surface area contributed by atoms with E-state index in [4.69, 9.17) is 21.4 Å². The molecule has 8 rings (SSSR count). The van der Waals surface area contributed by atoms with Crippen molar-refractivity contribution in [1.29, 1.82) is 0 Å². The van der Waals surface area contributed by atoms with Gasteiger partial charge < -0.3 is 20.6 Å². The highest BCUT2D eigenvalue weighted by Gasteiger charge is 2.20. The molecule has 8 aromatic rings. The second-order valence-electron chi connectivity index (χ2n) is 11.2. The zero-order valence-corrected chi connectivity index (χ0v) is 25.6.